The molecule has 6 nitrogen and oxygen atoms in total. The second-order valence-electron chi connectivity index (χ2n) is 7.05. The molecule has 2 fully saturated rings. The van der Waals surface area contributed by atoms with Crippen molar-refractivity contribution in [3.8, 4) is 5.75 Å². The molecule has 2 heterocycles. The van der Waals surface area contributed by atoms with Crippen molar-refractivity contribution in [2.24, 2.45) is 0 Å². The third-order valence-electron chi connectivity index (χ3n) is 5.15. The van der Waals surface area contributed by atoms with E-state index in [1.54, 1.807) is 46.2 Å². The maximum atomic E-state index is 13.6. The van der Waals surface area contributed by atoms with E-state index in [9.17, 15) is 17.6 Å². The standard InChI is InChI=1S/C20H21FN2O4S/c1-2-27-17-8-6-16(7-9-17)23-19-13-28(25,26)12-18(19)22(20(23)24)11-14-4-3-5-15(21)10-14/h3-10,18-19H,2,11-13H2,1H3/t18-,19+/m0/s1. The highest BCUT2D eigenvalue weighted by Crippen LogP contribution is 2.36. The number of nitrogens with zero attached hydrogens (tertiary/aromatic N) is 2. The molecule has 2 aliphatic heterocycles. The molecule has 0 N–H and O–H groups in total. The normalized spacial score (nSPS) is 23.1. The van der Waals surface area contributed by atoms with E-state index in [1.165, 1.54) is 12.1 Å². The van der Waals surface area contributed by atoms with E-state index in [4.69, 9.17) is 4.74 Å². The lowest BCUT2D eigenvalue weighted by Crippen LogP contribution is -2.37. The van der Waals surface area contributed by atoms with Gasteiger partial charge in [-0.1, -0.05) is 12.1 Å². The largest absolute Gasteiger partial charge is 0.494 e. The van der Waals surface area contributed by atoms with Gasteiger partial charge >= 0.3 is 6.03 Å². The number of anilines is 1. The van der Waals surface area contributed by atoms with Gasteiger partial charge < -0.3 is 9.64 Å². The number of fused-ring (bicyclic) bond motifs is 1. The summed E-state index contributed by atoms with van der Waals surface area (Å²) in [6.45, 7) is 2.59. The highest BCUT2D eigenvalue weighted by Gasteiger charge is 2.53. The monoisotopic (exact) mass is 404 g/mol. The van der Waals surface area contributed by atoms with Crippen LogP contribution in [0.3, 0.4) is 0 Å². The molecule has 0 radical (unpaired) electrons. The van der Waals surface area contributed by atoms with Gasteiger partial charge in [-0.25, -0.2) is 17.6 Å². The molecule has 2 atom stereocenters. The number of carbonyl (C=O) groups excluding carboxylic acids is 1. The Morgan fingerprint density at radius 3 is 2.50 bits per heavy atom. The molecule has 28 heavy (non-hydrogen) atoms. The van der Waals surface area contributed by atoms with Gasteiger partial charge in [-0.05, 0) is 48.9 Å². The molecule has 4 rings (SSSR count). The average Bonchev–Trinajstić information content (AvgIpc) is 3.07. The molecule has 0 saturated carbocycles. The van der Waals surface area contributed by atoms with Crippen LogP contribution in [0.2, 0.25) is 0 Å². The summed E-state index contributed by atoms with van der Waals surface area (Å²) >= 11 is 0. The molecule has 0 aromatic heterocycles. The zero-order valence-electron chi connectivity index (χ0n) is 15.4. The van der Waals surface area contributed by atoms with Crippen LogP contribution in [-0.2, 0) is 16.4 Å². The van der Waals surface area contributed by atoms with E-state index in [1.807, 2.05) is 6.92 Å². The number of sulfone groups is 1. The minimum Gasteiger partial charge on any atom is -0.494 e. The SMILES string of the molecule is CCOc1ccc(N2C(=O)N(Cc3cccc(F)c3)[C@H]3CS(=O)(=O)C[C@H]32)cc1. The number of urea groups is 1. The summed E-state index contributed by atoms with van der Waals surface area (Å²) in [5.41, 5.74) is 1.26. The topological polar surface area (TPSA) is 66.9 Å². The van der Waals surface area contributed by atoms with Crippen LogP contribution in [0.25, 0.3) is 0 Å². The molecule has 0 unspecified atom stereocenters. The lowest BCUT2D eigenvalue weighted by atomic mass is 10.1. The van der Waals surface area contributed by atoms with Crippen LogP contribution in [0.1, 0.15) is 12.5 Å². The lowest BCUT2D eigenvalue weighted by Gasteiger charge is -2.23. The fourth-order valence-corrected chi connectivity index (χ4v) is 5.92. The minimum atomic E-state index is -3.25. The number of halogens is 1. The highest BCUT2D eigenvalue weighted by atomic mass is 32.2. The van der Waals surface area contributed by atoms with Crippen molar-refractivity contribution in [1.82, 2.24) is 4.90 Å². The average molecular weight is 404 g/mol. The van der Waals surface area contributed by atoms with E-state index in [2.05, 4.69) is 0 Å². The van der Waals surface area contributed by atoms with Crippen molar-refractivity contribution >= 4 is 21.6 Å². The Balaban J connectivity index is 1.66. The van der Waals surface area contributed by atoms with Crippen molar-refractivity contribution < 1.29 is 22.3 Å². The molecule has 0 aliphatic carbocycles. The number of hydrogen-bond donors (Lipinski definition) is 0. The predicted molar refractivity (Wildman–Crippen MR) is 104 cm³/mol. The van der Waals surface area contributed by atoms with Gasteiger partial charge in [0.15, 0.2) is 9.84 Å². The van der Waals surface area contributed by atoms with Crippen LogP contribution < -0.4 is 9.64 Å². The van der Waals surface area contributed by atoms with E-state index in [0.29, 0.717) is 23.6 Å². The van der Waals surface area contributed by atoms with Crippen LogP contribution in [0.15, 0.2) is 48.5 Å². The van der Waals surface area contributed by atoms with Crippen LogP contribution >= 0.6 is 0 Å². The molecular formula is C20H21FN2O4S. The number of benzene rings is 2. The zero-order chi connectivity index (χ0) is 19.9. The molecular weight excluding hydrogens is 383 g/mol. The van der Waals surface area contributed by atoms with Gasteiger partial charge in [0.25, 0.3) is 0 Å². The quantitative estimate of drug-likeness (QED) is 0.719. The first-order valence-corrected chi connectivity index (χ1v) is 11.0. The Morgan fingerprint density at radius 1 is 1.11 bits per heavy atom. The molecule has 0 spiro atoms. The van der Waals surface area contributed by atoms with Crippen molar-refractivity contribution in [3.63, 3.8) is 0 Å². The fourth-order valence-electron chi connectivity index (χ4n) is 3.97. The molecule has 2 saturated heterocycles. The zero-order valence-corrected chi connectivity index (χ0v) is 16.2. The Morgan fingerprint density at radius 2 is 1.82 bits per heavy atom. The van der Waals surface area contributed by atoms with Gasteiger partial charge in [0.1, 0.15) is 11.6 Å². The lowest BCUT2D eigenvalue weighted by molar-refractivity contribution is 0.205. The van der Waals surface area contributed by atoms with Crippen LogP contribution in [0, 0.1) is 5.82 Å². The second-order valence-corrected chi connectivity index (χ2v) is 9.20. The first-order valence-electron chi connectivity index (χ1n) is 9.15. The van der Waals surface area contributed by atoms with Crippen molar-refractivity contribution in [2.75, 3.05) is 23.0 Å². The third kappa shape index (κ3) is 3.44. The molecule has 2 aliphatic rings. The summed E-state index contributed by atoms with van der Waals surface area (Å²) in [6, 6.07) is 11.9. The summed E-state index contributed by atoms with van der Waals surface area (Å²) in [6.07, 6.45) is 0. The smallest absolute Gasteiger partial charge is 0.325 e. The third-order valence-corrected chi connectivity index (χ3v) is 6.84. The Kier molecular flexibility index (Phi) is 4.74. The van der Waals surface area contributed by atoms with Gasteiger partial charge in [-0.15, -0.1) is 0 Å². The number of carbonyl (C=O) groups is 1. The first-order chi connectivity index (χ1) is 13.4. The molecule has 2 aromatic rings. The van der Waals surface area contributed by atoms with Crippen LogP contribution in [0.5, 0.6) is 5.75 Å². The minimum absolute atomic E-state index is 0.0731. The number of amides is 2. The van der Waals surface area contributed by atoms with Gasteiger partial charge in [0, 0.05) is 12.2 Å². The maximum absolute atomic E-state index is 13.6. The van der Waals surface area contributed by atoms with E-state index >= 15 is 0 Å². The van der Waals surface area contributed by atoms with Crippen molar-refractivity contribution in [2.45, 2.75) is 25.6 Å². The molecule has 2 amide bonds. The molecule has 148 valence electrons. The Labute approximate surface area is 163 Å². The number of hydrogen-bond acceptors (Lipinski definition) is 4. The van der Waals surface area contributed by atoms with Gasteiger partial charge in [-0.3, -0.25) is 4.90 Å². The molecule has 0 bridgehead atoms. The molecule has 2 aromatic carbocycles. The number of rotatable bonds is 5. The van der Waals surface area contributed by atoms with Gasteiger partial charge in [0.05, 0.1) is 30.2 Å². The van der Waals surface area contributed by atoms with E-state index in [0.717, 1.165) is 0 Å². The second kappa shape index (κ2) is 7.09. The molecule has 8 heteroatoms. The summed E-state index contributed by atoms with van der Waals surface area (Å²) < 4.78 is 43.5. The summed E-state index contributed by atoms with van der Waals surface area (Å²) in [5, 5.41) is 0. The Hall–Kier alpha value is -2.61. The van der Waals surface area contributed by atoms with Gasteiger partial charge in [0.2, 0.25) is 0 Å². The summed E-state index contributed by atoms with van der Waals surface area (Å²) in [5.74, 6) is 0.149. The highest BCUT2D eigenvalue weighted by molar-refractivity contribution is 7.91. The maximum Gasteiger partial charge on any atom is 0.325 e. The van der Waals surface area contributed by atoms with Crippen molar-refractivity contribution in [1.29, 1.82) is 0 Å². The summed E-state index contributed by atoms with van der Waals surface area (Å²) in [4.78, 5) is 16.3. The first kappa shape index (κ1) is 18.7. The predicted octanol–water partition coefficient (Wildman–Crippen LogP) is 2.83. The van der Waals surface area contributed by atoms with Gasteiger partial charge in [-0.2, -0.15) is 0 Å². The van der Waals surface area contributed by atoms with Crippen molar-refractivity contribution in [3.05, 3.63) is 59.9 Å². The Bertz CT molecular complexity index is 994. The van der Waals surface area contributed by atoms with Crippen LogP contribution in [0.4, 0.5) is 14.9 Å². The number of ether oxygens (including phenoxy) is 1. The summed E-state index contributed by atoms with van der Waals surface area (Å²) in [7, 11) is -3.25. The van der Waals surface area contributed by atoms with E-state index < -0.39 is 21.9 Å². The van der Waals surface area contributed by atoms with E-state index in [-0.39, 0.29) is 29.9 Å². The van der Waals surface area contributed by atoms with Crippen LogP contribution in [-0.4, -0.2) is 49.5 Å². The fraction of sp³-hybridized carbons (Fsp3) is 0.350.